The van der Waals surface area contributed by atoms with Crippen LogP contribution in [-0.4, -0.2) is 21.0 Å². The number of carboxylic acids is 1. The van der Waals surface area contributed by atoms with Crippen LogP contribution in [-0.2, 0) is 0 Å². The van der Waals surface area contributed by atoms with Crippen LogP contribution in [0.2, 0.25) is 0 Å². The van der Waals surface area contributed by atoms with Crippen molar-refractivity contribution in [3.63, 3.8) is 0 Å². The van der Waals surface area contributed by atoms with Gasteiger partial charge in [0.25, 0.3) is 0 Å². The van der Waals surface area contributed by atoms with E-state index < -0.39 is 5.97 Å². The number of aromatic nitrogens is 2. The molecule has 1 aromatic carbocycles. The number of carboxylic acid groups (broad SMARTS) is 1. The summed E-state index contributed by atoms with van der Waals surface area (Å²) in [5.74, 6) is -1.08. The Balaban J connectivity index is 2.43. The van der Waals surface area contributed by atoms with Gasteiger partial charge in [-0.05, 0) is 6.07 Å². The van der Waals surface area contributed by atoms with Crippen molar-refractivity contribution in [1.29, 1.82) is 0 Å². The molecule has 80 valence electrons. The Morgan fingerprint density at radius 2 is 1.94 bits per heavy atom. The number of hydrogen-bond donors (Lipinski definition) is 1. The molecule has 0 fully saturated rings. The van der Waals surface area contributed by atoms with Gasteiger partial charge in [0.05, 0.1) is 18.1 Å². The highest BCUT2D eigenvalue weighted by atomic mass is 79.9. The second-order valence-corrected chi connectivity index (χ2v) is 3.93. The van der Waals surface area contributed by atoms with Crippen molar-refractivity contribution >= 4 is 21.9 Å². The minimum atomic E-state index is -1.08. The molecule has 0 saturated carbocycles. The van der Waals surface area contributed by atoms with Gasteiger partial charge in [0.1, 0.15) is 0 Å². The van der Waals surface area contributed by atoms with Gasteiger partial charge in [0.15, 0.2) is 5.69 Å². The van der Waals surface area contributed by atoms with E-state index in [1.165, 1.54) is 12.4 Å². The number of rotatable bonds is 2. The number of aromatic carboxylic acids is 1. The molecule has 0 saturated heterocycles. The van der Waals surface area contributed by atoms with E-state index in [0.717, 1.165) is 10.0 Å². The molecule has 16 heavy (non-hydrogen) atoms. The summed E-state index contributed by atoms with van der Waals surface area (Å²) >= 11 is 3.40. The van der Waals surface area contributed by atoms with Crippen LogP contribution >= 0.6 is 15.9 Å². The van der Waals surface area contributed by atoms with Crippen LogP contribution in [0.5, 0.6) is 0 Å². The predicted octanol–water partition coefficient (Wildman–Crippen LogP) is 2.60. The van der Waals surface area contributed by atoms with Crippen LogP contribution < -0.4 is 0 Å². The van der Waals surface area contributed by atoms with E-state index in [1.54, 1.807) is 0 Å². The standard InChI is InChI=1S/C11H7BrN2O2/c12-8-4-2-1-3-7(8)9-5-14-10(6-13-9)11(15)16/h1-6H,(H,15,16). The molecule has 0 aliphatic carbocycles. The third kappa shape index (κ3) is 2.09. The lowest BCUT2D eigenvalue weighted by molar-refractivity contribution is 0.0690. The fourth-order valence-corrected chi connectivity index (χ4v) is 1.73. The van der Waals surface area contributed by atoms with Crippen LogP contribution in [0.4, 0.5) is 0 Å². The first-order valence-corrected chi connectivity index (χ1v) is 5.28. The van der Waals surface area contributed by atoms with E-state index >= 15 is 0 Å². The molecule has 0 radical (unpaired) electrons. The normalized spacial score (nSPS) is 10.1. The monoisotopic (exact) mass is 278 g/mol. The largest absolute Gasteiger partial charge is 0.476 e. The lowest BCUT2D eigenvalue weighted by Gasteiger charge is -2.02. The van der Waals surface area contributed by atoms with E-state index in [9.17, 15) is 4.79 Å². The molecule has 1 N–H and O–H groups in total. The predicted molar refractivity (Wildman–Crippen MR) is 62.1 cm³/mol. The molecule has 0 aliphatic heterocycles. The number of carbonyl (C=O) groups is 1. The van der Waals surface area contributed by atoms with Gasteiger partial charge in [-0.15, -0.1) is 0 Å². The lowest BCUT2D eigenvalue weighted by Crippen LogP contribution is -2.01. The first-order valence-electron chi connectivity index (χ1n) is 4.49. The second-order valence-electron chi connectivity index (χ2n) is 3.07. The molecule has 0 amide bonds. The zero-order valence-electron chi connectivity index (χ0n) is 8.09. The fourth-order valence-electron chi connectivity index (χ4n) is 1.25. The highest BCUT2D eigenvalue weighted by Gasteiger charge is 2.07. The quantitative estimate of drug-likeness (QED) is 0.917. The summed E-state index contributed by atoms with van der Waals surface area (Å²) in [5.41, 5.74) is 1.46. The molecule has 5 heteroatoms. The molecule has 1 heterocycles. The van der Waals surface area contributed by atoms with Gasteiger partial charge in [-0.1, -0.05) is 34.1 Å². The van der Waals surface area contributed by atoms with E-state index in [1.807, 2.05) is 24.3 Å². The van der Waals surface area contributed by atoms with E-state index in [-0.39, 0.29) is 5.69 Å². The first-order chi connectivity index (χ1) is 7.68. The second kappa shape index (κ2) is 4.40. The Labute approximate surface area is 100 Å². The maximum Gasteiger partial charge on any atom is 0.356 e. The summed E-state index contributed by atoms with van der Waals surface area (Å²) in [6.07, 6.45) is 2.70. The van der Waals surface area contributed by atoms with Crippen molar-refractivity contribution < 1.29 is 9.90 Å². The molecule has 0 bridgehead atoms. The highest BCUT2D eigenvalue weighted by molar-refractivity contribution is 9.10. The molecule has 0 spiro atoms. The number of halogens is 1. The molecular weight excluding hydrogens is 272 g/mol. The molecule has 4 nitrogen and oxygen atoms in total. The molecule has 1 aromatic heterocycles. The van der Waals surface area contributed by atoms with Crippen LogP contribution in [0.25, 0.3) is 11.3 Å². The summed E-state index contributed by atoms with van der Waals surface area (Å²) in [6, 6.07) is 7.55. The van der Waals surface area contributed by atoms with Gasteiger partial charge in [0.2, 0.25) is 0 Å². The van der Waals surface area contributed by atoms with Crippen molar-refractivity contribution in [2.75, 3.05) is 0 Å². The van der Waals surface area contributed by atoms with Gasteiger partial charge < -0.3 is 5.11 Å². The van der Waals surface area contributed by atoms with Crippen molar-refractivity contribution in [1.82, 2.24) is 9.97 Å². The molecule has 0 aliphatic rings. The third-order valence-electron chi connectivity index (χ3n) is 2.02. The van der Waals surface area contributed by atoms with Crippen LogP contribution in [0.3, 0.4) is 0 Å². The Kier molecular flexibility index (Phi) is 2.96. The molecule has 0 unspecified atom stereocenters. The minimum absolute atomic E-state index is 0.0594. The summed E-state index contributed by atoms with van der Waals surface area (Å²) in [4.78, 5) is 18.5. The average Bonchev–Trinajstić information content (AvgIpc) is 2.30. The maximum atomic E-state index is 10.6. The summed E-state index contributed by atoms with van der Waals surface area (Å²) in [6.45, 7) is 0. The van der Waals surface area contributed by atoms with Crippen LogP contribution in [0, 0.1) is 0 Å². The van der Waals surface area contributed by atoms with Gasteiger partial charge in [0, 0.05) is 10.0 Å². The number of hydrogen-bond acceptors (Lipinski definition) is 3. The summed E-state index contributed by atoms with van der Waals surface area (Å²) < 4.78 is 0.896. The lowest BCUT2D eigenvalue weighted by atomic mass is 10.2. The van der Waals surface area contributed by atoms with Crippen molar-refractivity contribution in [2.45, 2.75) is 0 Å². The Morgan fingerprint density at radius 3 is 2.50 bits per heavy atom. The van der Waals surface area contributed by atoms with Crippen LogP contribution in [0.15, 0.2) is 41.1 Å². The van der Waals surface area contributed by atoms with Crippen LogP contribution in [0.1, 0.15) is 10.5 Å². The smallest absolute Gasteiger partial charge is 0.356 e. The molecule has 2 aromatic rings. The van der Waals surface area contributed by atoms with Gasteiger partial charge in [-0.3, -0.25) is 4.98 Å². The first kappa shape index (κ1) is 10.8. The zero-order chi connectivity index (χ0) is 11.5. The Hall–Kier alpha value is -1.75. The van der Waals surface area contributed by atoms with E-state index in [4.69, 9.17) is 5.11 Å². The number of nitrogens with zero attached hydrogens (tertiary/aromatic N) is 2. The zero-order valence-corrected chi connectivity index (χ0v) is 9.68. The van der Waals surface area contributed by atoms with E-state index in [0.29, 0.717) is 5.69 Å². The molecule has 0 atom stereocenters. The van der Waals surface area contributed by atoms with Crippen molar-refractivity contribution in [2.24, 2.45) is 0 Å². The maximum absolute atomic E-state index is 10.6. The highest BCUT2D eigenvalue weighted by Crippen LogP contribution is 2.25. The van der Waals surface area contributed by atoms with Gasteiger partial charge >= 0.3 is 5.97 Å². The minimum Gasteiger partial charge on any atom is -0.476 e. The summed E-state index contributed by atoms with van der Waals surface area (Å²) in [5, 5.41) is 8.69. The van der Waals surface area contributed by atoms with E-state index in [2.05, 4.69) is 25.9 Å². The third-order valence-corrected chi connectivity index (χ3v) is 2.71. The Bertz CT molecular complexity index is 526. The van der Waals surface area contributed by atoms with Crippen molar-refractivity contribution in [3.8, 4) is 11.3 Å². The fraction of sp³-hybridized carbons (Fsp3) is 0. The average molecular weight is 279 g/mol. The van der Waals surface area contributed by atoms with Gasteiger partial charge in [-0.2, -0.15) is 0 Å². The van der Waals surface area contributed by atoms with Gasteiger partial charge in [-0.25, -0.2) is 9.78 Å². The van der Waals surface area contributed by atoms with Crippen molar-refractivity contribution in [3.05, 3.63) is 46.8 Å². The SMILES string of the molecule is O=C(O)c1cnc(-c2ccccc2Br)cn1. The number of benzene rings is 1. The summed E-state index contributed by atoms with van der Waals surface area (Å²) in [7, 11) is 0. The molecular formula is C11H7BrN2O2. The molecule has 2 rings (SSSR count). The Morgan fingerprint density at radius 1 is 1.19 bits per heavy atom. The topological polar surface area (TPSA) is 63.1 Å².